The number of unbranched alkanes of at least 4 members (excludes halogenated alkanes) is 1. The maximum atomic E-state index is 12.4. The molecular formula is C28H37NO4S. The first-order valence-corrected chi connectivity index (χ1v) is 13.2. The number of carbonyl (C=O) groups excluding carboxylic acids is 2. The number of nitrogens with zero attached hydrogens (tertiary/aromatic N) is 1. The summed E-state index contributed by atoms with van der Waals surface area (Å²) < 4.78 is 4.76. The van der Waals surface area contributed by atoms with E-state index in [0.717, 1.165) is 49.8 Å². The molecule has 1 N–H and O–H groups in total. The summed E-state index contributed by atoms with van der Waals surface area (Å²) in [6, 6.07) is 14.3. The van der Waals surface area contributed by atoms with Gasteiger partial charge in [-0.15, -0.1) is 11.3 Å². The molecular weight excluding hydrogens is 446 g/mol. The number of aliphatic hydroxyl groups is 1. The van der Waals surface area contributed by atoms with E-state index in [1.54, 1.807) is 6.07 Å². The van der Waals surface area contributed by atoms with Crippen LogP contribution in [0.3, 0.4) is 0 Å². The number of hydrogen-bond donors (Lipinski definition) is 1. The van der Waals surface area contributed by atoms with E-state index in [2.05, 4.69) is 31.2 Å². The Bertz CT molecular complexity index is 939. The topological polar surface area (TPSA) is 66.8 Å². The number of benzene rings is 1. The van der Waals surface area contributed by atoms with Gasteiger partial charge in [0.05, 0.1) is 19.3 Å². The van der Waals surface area contributed by atoms with Crippen molar-refractivity contribution in [2.45, 2.75) is 70.4 Å². The van der Waals surface area contributed by atoms with Crippen LogP contribution < -0.4 is 0 Å². The average molecular weight is 484 g/mol. The molecule has 3 atom stereocenters. The zero-order valence-electron chi connectivity index (χ0n) is 20.3. The highest BCUT2D eigenvalue weighted by molar-refractivity contribution is 7.13. The molecule has 0 radical (unpaired) electrons. The van der Waals surface area contributed by atoms with Gasteiger partial charge in [0, 0.05) is 17.8 Å². The van der Waals surface area contributed by atoms with E-state index in [1.165, 1.54) is 24.0 Å². The van der Waals surface area contributed by atoms with Crippen molar-refractivity contribution in [1.82, 2.24) is 4.90 Å². The Morgan fingerprint density at radius 1 is 1.18 bits per heavy atom. The number of ether oxygens (including phenoxy) is 1. The summed E-state index contributed by atoms with van der Waals surface area (Å²) in [6.07, 6.45) is 10.7. The fraction of sp³-hybridized carbons (Fsp3) is 0.500. The molecule has 2 heterocycles. The summed E-state index contributed by atoms with van der Waals surface area (Å²) in [5.41, 5.74) is 1.37. The summed E-state index contributed by atoms with van der Waals surface area (Å²) in [7, 11) is 1.39. The third kappa shape index (κ3) is 7.81. The molecule has 1 amide bonds. The van der Waals surface area contributed by atoms with Crippen LogP contribution in [-0.2, 0) is 22.4 Å². The second-order valence-corrected chi connectivity index (χ2v) is 10.3. The molecule has 1 unspecified atom stereocenters. The zero-order valence-corrected chi connectivity index (χ0v) is 21.1. The standard InChI is InChI=1S/C28H37NO4S/c1-21(9-6-7-12-22-10-4-3-5-11-22)25(30)17-14-23-15-19-27(31)29(23)20-8-13-24-16-18-26(34-24)28(32)33-2/h3-5,10-11,14,16-18,21,23,25,30H,6-9,12-13,15,19-20H2,1-2H3/t21-,23?,25+/m0/s1. The number of aryl methyl sites for hydroxylation is 2. The van der Waals surface area contributed by atoms with Crippen LogP contribution in [0.4, 0.5) is 0 Å². The normalized spacial score (nSPS) is 17.9. The maximum absolute atomic E-state index is 12.4. The fourth-order valence-electron chi connectivity index (χ4n) is 4.44. The van der Waals surface area contributed by atoms with Crippen molar-refractivity contribution in [3.8, 4) is 0 Å². The number of thiophene rings is 1. The number of aliphatic hydroxyl groups excluding tert-OH is 1. The van der Waals surface area contributed by atoms with E-state index in [9.17, 15) is 14.7 Å². The molecule has 5 nitrogen and oxygen atoms in total. The average Bonchev–Trinajstić information content (AvgIpc) is 3.47. The van der Waals surface area contributed by atoms with E-state index in [4.69, 9.17) is 4.74 Å². The van der Waals surface area contributed by atoms with Gasteiger partial charge in [0.1, 0.15) is 4.88 Å². The van der Waals surface area contributed by atoms with Crippen molar-refractivity contribution in [3.05, 3.63) is 69.9 Å². The summed E-state index contributed by atoms with van der Waals surface area (Å²) >= 11 is 1.45. The molecule has 1 aromatic carbocycles. The van der Waals surface area contributed by atoms with Crippen molar-refractivity contribution in [2.24, 2.45) is 5.92 Å². The number of carbonyl (C=O) groups is 2. The minimum Gasteiger partial charge on any atom is -0.465 e. The highest BCUT2D eigenvalue weighted by Crippen LogP contribution is 2.24. The van der Waals surface area contributed by atoms with E-state index in [0.29, 0.717) is 17.8 Å². The van der Waals surface area contributed by atoms with Crippen molar-refractivity contribution in [2.75, 3.05) is 13.7 Å². The van der Waals surface area contributed by atoms with Gasteiger partial charge >= 0.3 is 5.97 Å². The molecule has 3 rings (SSSR count). The van der Waals surface area contributed by atoms with Crippen molar-refractivity contribution < 1.29 is 19.4 Å². The molecule has 0 aliphatic carbocycles. The zero-order chi connectivity index (χ0) is 24.3. The number of rotatable bonds is 13. The Balaban J connectivity index is 1.40. The van der Waals surface area contributed by atoms with Gasteiger partial charge < -0.3 is 14.7 Å². The Morgan fingerprint density at radius 3 is 2.74 bits per heavy atom. The minimum absolute atomic E-state index is 0.0568. The van der Waals surface area contributed by atoms with Gasteiger partial charge in [0.2, 0.25) is 5.91 Å². The molecule has 184 valence electrons. The van der Waals surface area contributed by atoms with Gasteiger partial charge in [0.25, 0.3) is 0 Å². The number of likely N-dealkylation sites (tertiary alicyclic amines) is 1. The van der Waals surface area contributed by atoms with Gasteiger partial charge in [-0.3, -0.25) is 4.79 Å². The van der Waals surface area contributed by atoms with Crippen LogP contribution in [0.15, 0.2) is 54.6 Å². The predicted octanol–water partition coefficient (Wildman–Crippen LogP) is 5.42. The van der Waals surface area contributed by atoms with Crippen LogP contribution in [0.5, 0.6) is 0 Å². The molecule has 1 aliphatic rings. The fourth-order valence-corrected chi connectivity index (χ4v) is 5.40. The van der Waals surface area contributed by atoms with Crippen molar-refractivity contribution in [1.29, 1.82) is 0 Å². The second kappa shape index (κ2) is 13.4. The lowest BCUT2D eigenvalue weighted by Crippen LogP contribution is -2.33. The third-order valence-electron chi connectivity index (χ3n) is 6.58. The molecule has 6 heteroatoms. The Morgan fingerprint density at radius 2 is 1.97 bits per heavy atom. The monoisotopic (exact) mass is 483 g/mol. The van der Waals surface area contributed by atoms with Gasteiger partial charge in [-0.1, -0.05) is 55.8 Å². The van der Waals surface area contributed by atoms with Crippen LogP contribution in [0.25, 0.3) is 0 Å². The van der Waals surface area contributed by atoms with Gasteiger partial charge in [0.15, 0.2) is 0 Å². The molecule has 0 bridgehead atoms. The molecule has 1 saturated heterocycles. The number of methoxy groups -OCH3 is 1. The molecule has 1 fully saturated rings. The summed E-state index contributed by atoms with van der Waals surface area (Å²) in [6.45, 7) is 2.78. The van der Waals surface area contributed by atoms with Gasteiger partial charge in [-0.2, -0.15) is 0 Å². The van der Waals surface area contributed by atoms with Crippen LogP contribution >= 0.6 is 11.3 Å². The minimum atomic E-state index is -0.489. The lowest BCUT2D eigenvalue weighted by Gasteiger charge is -2.23. The Kier molecular flexibility index (Phi) is 10.4. The largest absolute Gasteiger partial charge is 0.465 e. The first-order valence-electron chi connectivity index (χ1n) is 12.3. The molecule has 1 aromatic heterocycles. The Labute approximate surface area is 207 Å². The lowest BCUT2D eigenvalue weighted by atomic mass is 9.95. The van der Waals surface area contributed by atoms with E-state index < -0.39 is 6.10 Å². The smallest absolute Gasteiger partial charge is 0.348 e. The van der Waals surface area contributed by atoms with Crippen molar-refractivity contribution >= 4 is 23.2 Å². The highest BCUT2D eigenvalue weighted by Gasteiger charge is 2.28. The van der Waals surface area contributed by atoms with Crippen LogP contribution in [0, 0.1) is 5.92 Å². The quantitative estimate of drug-likeness (QED) is 0.235. The molecule has 1 aliphatic heterocycles. The number of esters is 1. The van der Waals surface area contributed by atoms with Crippen LogP contribution in [0.1, 0.15) is 65.6 Å². The van der Waals surface area contributed by atoms with E-state index >= 15 is 0 Å². The lowest BCUT2D eigenvalue weighted by molar-refractivity contribution is -0.128. The Hall–Kier alpha value is -2.44. The van der Waals surface area contributed by atoms with E-state index in [1.807, 2.05) is 29.2 Å². The molecule has 0 saturated carbocycles. The van der Waals surface area contributed by atoms with Crippen LogP contribution in [0.2, 0.25) is 0 Å². The van der Waals surface area contributed by atoms with Gasteiger partial charge in [-0.25, -0.2) is 4.79 Å². The third-order valence-corrected chi connectivity index (χ3v) is 7.70. The first-order chi connectivity index (χ1) is 16.5. The van der Waals surface area contributed by atoms with Crippen molar-refractivity contribution in [3.63, 3.8) is 0 Å². The maximum Gasteiger partial charge on any atom is 0.348 e. The number of amides is 1. The first kappa shape index (κ1) is 26.2. The SMILES string of the molecule is COC(=O)c1ccc(CCCN2C(=O)CCC2C=C[C@@H](O)[C@@H](C)CCCCc2ccccc2)s1. The molecule has 34 heavy (non-hydrogen) atoms. The van der Waals surface area contributed by atoms with Gasteiger partial charge in [-0.05, 0) is 62.1 Å². The highest BCUT2D eigenvalue weighted by atomic mass is 32.1. The molecule has 0 spiro atoms. The predicted molar refractivity (Wildman–Crippen MR) is 137 cm³/mol. The summed E-state index contributed by atoms with van der Waals surface area (Å²) in [5.74, 6) is 0.0695. The van der Waals surface area contributed by atoms with Crippen LogP contribution in [-0.4, -0.2) is 47.7 Å². The number of hydrogen-bond acceptors (Lipinski definition) is 5. The summed E-state index contributed by atoms with van der Waals surface area (Å²) in [4.78, 5) is 27.7. The van der Waals surface area contributed by atoms with E-state index in [-0.39, 0.29) is 23.8 Å². The molecule has 2 aromatic rings. The second-order valence-electron chi connectivity index (χ2n) is 9.14. The summed E-state index contributed by atoms with van der Waals surface area (Å²) in [5, 5.41) is 10.6.